The van der Waals surface area contributed by atoms with Crippen LogP contribution in [0.4, 0.5) is 4.79 Å². The van der Waals surface area contributed by atoms with Gasteiger partial charge in [0.15, 0.2) is 0 Å². The van der Waals surface area contributed by atoms with Crippen LogP contribution in [0.3, 0.4) is 0 Å². The van der Waals surface area contributed by atoms with Crippen molar-refractivity contribution in [3.63, 3.8) is 0 Å². The van der Waals surface area contributed by atoms with Gasteiger partial charge in [-0.3, -0.25) is 9.89 Å². The molecule has 3 N–H and O–H groups in total. The zero-order valence-corrected chi connectivity index (χ0v) is 18.3. The predicted molar refractivity (Wildman–Crippen MR) is 115 cm³/mol. The van der Waals surface area contributed by atoms with Crippen molar-refractivity contribution in [1.29, 1.82) is 5.26 Å². The smallest absolute Gasteiger partial charge is 0.410 e. The summed E-state index contributed by atoms with van der Waals surface area (Å²) < 4.78 is 16.1. The number of nitrogens with zero attached hydrogens (tertiary/aromatic N) is 3. The lowest BCUT2D eigenvalue weighted by Crippen LogP contribution is -2.48. The minimum Gasteiger partial charge on any atom is -0.466 e. The number of ether oxygens (including phenoxy) is 3. The van der Waals surface area contributed by atoms with E-state index in [9.17, 15) is 14.9 Å². The van der Waals surface area contributed by atoms with E-state index in [4.69, 9.17) is 19.9 Å². The molecule has 2 aromatic rings. The molecule has 0 atom stereocenters. The van der Waals surface area contributed by atoms with Crippen molar-refractivity contribution in [3.05, 3.63) is 58.6 Å². The van der Waals surface area contributed by atoms with Gasteiger partial charge in [0.2, 0.25) is 11.8 Å². The molecular weight excluding hydrogens is 426 g/mol. The van der Waals surface area contributed by atoms with Crippen molar-refractivity contribution < 1.29 is 23.8 Å². The fourth-order valence-electron chi connectivity index (χ4n) is 4.47. The SMILES string of the molecule is CCOC(=O)Cc1[nH]nc2c1C1(CCN(C(=O)OCc3ccccc3)CC1)C(C#N)=C(N)O2. The summed E-state index contributed by atoms with van der Waals surface area (Å²) in [5.74, 6) is -0.188. The van der Waals surface area contributed by atoms with Crippen molar-refractivity contribution in [3.8, 4) is 11.9 Å². The third-order valence-electron chi connectivity index (χ3n) is 6.04. The Kier molecular flexibility index (Phi) is 6.22. The number of esters is 1. The van der Waals surface area contributed by atoms with Gasteiger partial charge in [-0.25, -0.2) is 4.79 Å². The number of H-pyrrole nitrogens is 1. The molecule has 1 fully saturated rings. The number of rotatable bonds is 5. The van der Waals surface area contributed by atoms with E-state index in [0.717, 1.165) is 5.56 Å². The van der Waals surface area contributed by atoms with Crippen LogP contribution in [0, 0.1) is 11.3 Å². The summed E-state index contributed by atoms with van der Waals surface area (Å²) >= 11 is 0. The number of nitrogens with two attached hydrogens (primary N) is 1. The standard InChI is InChI=1S/C23H25N5O5/c1-2-31-18(29)12-17-19-21(27-26-17)33-20(25)16(13-24)23(19)8-10-28(11-9-23)22(30)32-14-15-6-4-3-5-7-15/h3-7H,2,8-12,14,25H2,1H3,(H,26,27). The molecule has 1 amide bonds. The molecule has 3 heterocycles. The highest BCUT2D eigenvalue weighted by molar-refractivity contribution is 5.74. The molecule has 10 heteroatoms. The summed E-state index contributed by atoms with van der Waals surface area (Å²) in [6.45, 7) is 2.86. The highest BCUT2D eigenvalue weighted by Gasteiger charge is 2.50. The number of benzene rings is 1. The van der Waals surface area contributed by atoms with Crippen LogP contribution in [0.5, 0.6) is 5.88 Å². The van der Waals surface area contributed by atoms with Crippen molar-refractivity contribution in [1.82, 2.24) is 15.1 Å². The number of carbonyl (C=O) groups excluding carboxylic acids is 2. The van der Waals surface area contributed by atoms with E-state index in [1.54, 1.807) is 11.8 Å². The summed E-state index contributed by atoms with van der Waals surface area (Å²) in [5.41, 5.74) is 7.56. The Bertz CT molecular complexity index is 1110. The van der Waals surface area contributed by atoms with E-state index < -0.39 is 17.5 Å². The first kappa shape index (κ1) is 22.2. The third kappa shape index (κ3) is 4.22. The average Bonchev–Trinajstić information content (AvgIpc) is 3.21. The number of amides is 1. The second-order valence-electron chi connectivity index (χ2n) is 7.93. The predicted octanol–water partition coefficient (Wildman–Crippen LogP) is 2.27. The monoisotopic (exact) mass is 451 g/mol. The van der Waals surface area contributed by atoms with E-state index in [2.05, 4.69) is 16.3 Å². The van der Waals surface area contributed by atoms with Crippen LogP contribution in [-0.4, -0.2) is 46.9 Å². The summed E-state index contributed by atoms with van der Waals surface area (Å²) in [6.07, 6.45) is 0.351. The van der Waals surface area contributed by atoms with Crippen LogP contribution in [-0.2, 0) is 32.7 Å². The first-order valence-electron chi connectivity index (χ1n) is 10.8. The summed E-state index contributed by atoms with van der Waals surface area (Å²) in [4.78, 5) is 26.4. The molecule has 4 rings (SSSR count). The Morgan fingerprint density at radius 1 is 1.27 bits per heavy atom. The lowest BCUT2D eigenvalue weighted by molar-refractivity contribution is -0.142. The molecule has 0 radical (unpaired) electrons. The summed E-state index contributed by atoms with van der Waals surface area (Å²) in [7, 11) is 0. The number of aromatic amines is 1. The van der Waals surface area contributed by atoms with Gasteiger partial charge in [0.25, 0.3) is 0 Å². The molecule has 172 valence electrons. The second kappa shape index (κ2) is 9.24. The van der Waals surface area contributed by atoms with E-state index in [1.165, 1.54) is 0 Å². The largest absolute Gasteiger partial charge is 0.466 e. The van der Waals surface area contributed by atoms with Crippen LogP contribution in [0.1, 0.15) is 36.6 Å². The van der Waals surface area contributed by atoms with Gasteiger partial charge in [-0.15, -0.1) is 5.10 Å². The fourth-order valence-corrected chi connectivity index (χ4v) is 4.47. The molecule has 1 spiro atoms. The maximum Gasteiger partial charge on any atom is 0.410 e. The van der Waals surface area contributed by atoms with Crippen LogP contribution in [0.25, 0.3) is 0 Å². The van der Waals surface area contributed by atoms with E-state index >= 15 is 0 Å². The van der Waals surface area contributed by atoms with Gasteiger partial charge in [0, 0.05) is 24.1 Å². The molecule has 2 aliphatic heterocycles. The number of piperidine rings is 1. The number of hydrogen-bond donors (Lipinski definition) is 2. The highest BCUT2D eigenvalue weighted by atomic mass is 16.6. The van der Waals surface area contributed by atoms with Gasteiger partial charge >= 0.3 is 12.1 Å². The maximum atomic E-state index is 12.6. The van der Waals surface area contributed by atoms with Gasteiger partial charge < -0.3 is 24.8 Å². The number of fused-ring (bicyclic) bond motifs is 2. The van der Waals surface area contributed by atoms with E-state index in [0.29, 0.717) is 37.2 Å². The quantitative estimate of drug-likeness (QED) is 0.659. The minimum absolute atomic E-state index is 0.0145. The molecule has 1 aromatic heterocycles. The summed E-state index contributed by atoms with van der Waals surface area (Å²) in [5, 5.41) is 16.9. The molecule has 0 unspecified atom stereocenters. The van der Waals surface area contributed by atoms with Crippen molar-refractivity contribution in [2.24, 2.45) is 5.73 Å². The van der Waals surface area contributed by atoms with Gasteiger partial charge in [0.05, 0.1) is 18.7 Å². The number of carbonyl (C=O) groups is 2. The van der Waals surface area contributed by atoms with Gasteiger partial charge in [0.1, 0.15) is 18.2 Å². The summed E-state index contributed by atoms with van der Waals surface area (Å²) in [6, 6.07) is 11.6. The number of allylic oxidation sites excluding steroid dienone is 1. The number of hydrogen-bond acceptors (Lipinski definition) is 8. The van der Waals surface area contributed by atoms with E-state index in [-0.39, 0.29) is 37.0 Å². The Morgan fingerprint density at radius 2 is 2.00 bits per heavy atom. The van der Waals surface area contributed by atoms with Crippen LogP contribution in [0.15, 0.2) is 41.8 Å². The molecule has 1 saturated heterocycles. The topological polar surface area (TPSA) is 144 Å². The highest BCUT2D eigenvalue weighted by Crippen LogP contribution is 2.50. The molecule has 10 nitrogen and oxygen atoms in total. The number of aromatic nitrogens is 2. The van der Waals surface area contributed by atoms with Crippen molar-refractivity contribution in [2.75, 3.05) is 19.7 Å². The minimum atomic E-state index is -0.822. The Morgan fingerprint density at radius 3 is 2.67 bits per heavy atom. The Hall–Kier alpha value is -4.00. The first-order chi connectivity index (χ1) is 16.0. The zero-order chi connectivity index (χ0) is 23.4. The molecule has 0 aliphatic carbocycles. The second-order valence-corrected chi connectivity index (χ2v) is 7.93. The molecular formula is C23H25N5O5. The van der Waals surface area contributed by atoms with Crippen LogP contribution >= 0.6 is 0 Å². The number of nitrogens with one attached hydrogen (secondary N) is 1. The molecule has 1 aromatic carbocycles. The molecule has 0 saturated carbocycles. The average molecular weight is 451 g/mol. The Labute approximate surface area is 190 Å². The lowest BCUT2D eigenvalue weighted by atomic mass is 9.66. The fraction of sp³-hybridized carbons (Fsp3) is 0.391. The Balaban J connectivity index is 1.54. The van der Waals surface area contributed by atoms with Crippen molar-refractivity contribution in [2.45, 2.75) is 38.2 Å². The lowest BCUT2D eigenvalue weighted by Gasteiger charge is -2.43. The first-order valence-corrected chi connectivity index (χ1v) is 10.8. The maximum absolute atomic E-state index is 12.6. The molecule has 2 aliphatic rings. The normalized spacial score (nSPS) is 16.5. The molecule has 33 heavy (non-hydrogen) atoms. The van der Waals surface area contributed by atoms with Gasteiger partial charge in [-0.2, -0.15) is 5.26 Å². The van der Waals surface area contributed by atoms with Crippen molar-refractivity contribution >= 4 is 12.1 Å². The number of likely N-dealkylation sites (tertiary alicyclic amines) is 1. The van der Waals surface area contributed by atoms with Crippen LogP contribution in [0.2, 0.25) is 0 Å². The van der Waals surface area contributed by atoms with Gasteiger partial charge in [-0.1, -0.05) is 30.3 Å². The van der Waals surface area contributed by atoms with Crippen LogP contribution < -0.4 is 10.5 Å². The van der Waals surface area contributed by atoms with Gasteiger partial charge in [-0.05, 0) is 25.3 Å². The van der Waals surface area contributed by atoms with E-state index in [1.807, 2.05) is 30.3 Å². The third-order valence-corrected chi connectivity index (χ3v) is 6.04. The molecule has 0 bridgehead atoms. The zero-order valence-electron chi connectivity index (χ0n) is 18.3. The number of nitriles is 1.